The van der Waals surface area contributed by atoms with Crippen LogP contribution in [0.5, 0.6) is 0 Å². The van der Waals surface area contributed by atoms with E-state index in [9.17, 15) is 0 Å². The van der Waals surface area contributed by atoms with E-state index in [-0.39, 0.29) is 0 Å². The fraction of sp³-hybridized carbons (Fsp3) is 0.500. The summed E-state index contributed by atoms with van der Waals surface area (Å²) >= 11 is 0. The van der Waals surface area contributed by atoms with Gasteiger partial charge in [0.15, 0.2) is 6.71 Å². The van der Waals surface area contributed by atoms with Crippen molar-refractivity contribution in [3.8, 4) is 0 Å². The molecule has 0 aromatic heterocycles. The molecule has 1 aromatic carbocycles. The predicted octanol–water partition coefficient (Wildman–Crippen LogP) is 1.98. The van der Waals surface area contributed by atoms with Gasteiger partial charge in [0.1, 0.15) is 0 Å². The molecule has 1 aliphatic rings. The molecule has 0 atom stereocenters. The van der Waals surface area contributed by atoms with Gasteiger partial charge in [0, 0.05) is 13.2 Å². The molecule has 1 heterocycles. The second kappa shape index (κ2) is 4.65. The minimum Gasteiger partial charge on any atom is -0.383 e. The van der Waals surface area contributed by atoms with E-state index in [0.717, 1.165) is 26.3 Å². The summed E-state index contributed by atoms with van der Waals surface area (Å²) in [5.41, 5.74) is 3.07. The van der Waals surface area contributed by atoms with E-state index in [1.165, 1.54) is 18.2 Å². The number of aryl methyl sites for hydroxylation is 1. The Morgan fingerprint density at radius 3 is 2.64 bits per heavy atom. The van der Waals surface area contributed by atoms with Crippen LogP contribution >= 0.6 is 0 Å². The first-order valence-electron chi connectivity index (χ1n) is 5.57. The molecule has 1 fully saturated rings. The van der Waals surface area contributed by atoms with Gasteiger partial charge in [-0.15, -0.1) is 0 Å². The monoisotopic (exact) mass is 188 g/mol. The van der Waals surface area contributed by atoms with Crippen LogP contribution in [0.25, 0.3) is 0 Å². The van der Waals surface area contributed by atoms with E-state index >= 15 is 0 Å². The molecular weight excluding hydrogens is 171 g/mol. The van der Waals surface area contributed by atoms with Crippen molar-refractivity contribution in [1.29, 1.82) is 0 Å². The molecule has 0 radical (unpaired) electrons. The fourth-order valence-corrected chi connectivity index (χ4v) is 2.26. The Bertz CT molecular complexity index is 292. The van der Waals surface area contributed by atoms with Gasteiger partial charge in [0.05, 0.1) is 0 Å². The van der Waals surface area contributed by atoms with Crippen LogP contribution in [0.15, 0.2) is 24.3 Å². The molecule has 0 saturated carbocycles. The average Bonchev–Trinajstić information content (AvgIpc) is 2.30. The van der Waals surface area contributed by atoms with E-state index in [1.807, 2.05) is 0 Å². The van der Waals surface area contributed by atoms with Gasteiger partial charge in [-0.3, -0.25) is 0 Å². The molecule has 2 rings (SSSR count). The Hall–Kier alpha value is -0.755. The van der Waals surface area contributed by atoms with E-state index in [1.54, 1.807) is 5.46 Å². The fourth-order valence-electron chi connectivity index (χ4n) is 2.26. The lowest BCUT2D eigenvalue weighted by Crippen LogP contribution is -2.37. The topological polar surface area (TPSA) is 9.23 Å². The summed E-state index contributed by atoms with van der Waals surface area (Å²) in [5.74, 6) is 0. The van der Waals surface area contributed by atoms with Crippen molar-refractivity contribution in [2.45, 2.75) is 26.0 Å². The zero-order valence-corrected chi connectivity index (χ0v) is 8.83. The molecule has 1 nitrogen and oxygen atoms in total. The first kappa shape index (κ1) is 9.79. The summed E-state index contributed by atoms with van der Waals surface area (Å²) in [5, 5.41) is 0. The maximum atomic E-state index is 5.39. The molecule has 0 amide bonds. The zero-order valence-electron chi connectivity index (χ0n) is 8.83. The van der Waals surface area contributed by atoms with Gasteiger partial charge >= 0.3 is 0 Å². The van der Waals surface area contributed by atoms with Gasteiger partial charge in [-0.25, -0.2) is 0 Å². The van der Waals surface area contributed by atoms with Gasteiger partial charge in [-0.05, 0) is 19.1 Å². The Morgan fingerprint density at radius 2 is 1.93 bits per heavy atom. The van der Waals surface area contributed by atoms with E-state index < -0.39 is 0 Å². The Labute approximate surface area is 86.6 Å². The normalized spacial score (nSPS) is 17.1. The second-order valence-corrected chi connectivity index (χ2v) is 3.94. The summed E-state index contributed by atoms with van der Waals surface area (Å²) in [7, 11) is 0. The Kier molecular flexibility index (Phi) is 3.25. The lowest BCUT2D eigenvalue weighted by molar-refractivity contribution is 0.151. The van der Waals surface area contributed by atoms with Crippen LogP contribution in [0.3, 0.4) is 0 Å². The Morgan fingerprint density at radius 1 is 1.21 bits per heavy atom. The molecule has 0 unspecified atom stereocenters. The number of ether oxygens (including phenoxy) is 1. The molecule has 1 aliphatic heterocycles. The van der Waals surface area contributed by atoms with E-state index in [4.69, 9.17) is 4.74 Å². The van der Waals surface area contributed by atoms with E-state index in [0.29, 0.717) is 0 Å². The van der Waals surface area contributed by atoms with Crippen molar-refractivity contribution in [1.82, 2.24) is 0 Å². The third-order valence-corrected chi connectivity index (χ3v) is 3.10. The van der Waals surface area contributed by atoms with Crippen LogP contribution in [0, 0.1) is 0 Å². The van der Waals surface area contributed by atoms with Crippen molar-refractivity contribution in [3.05, 3.63) is 29.8 Å². The lowest BCUT2D eigenvalue weighted by Gasteiger charge is -2.21. The molecule has 74 valence electrons. The molecular formula is C12H17BO. The number of hydrogen-bond acceptors (Lipinski definition) is 1. The van der Waals surface area contributed by atoms with Crippen LogP contribution in [0.2, 0.25) is 12.6 Å². The predicted molar refractivity (Wildman–Crippen MR) is 61.6 cm³/mol. The highest BCUT2D eigenvalue weighted by Crippen LogP contribution is 2.10. The smallest absolute Gasteiger partial charge is 0.180 e. The van der Waals surface area contributed by atoms with Crippen LogP contribution in [0.4, 0.5) is 0 Å². The first-order chi connectivity index (χ1) is 6.92. The van der Waals surface area contributed by atoms with Crippen LogP contribution in [-0.2, 0) is 11.2 Å². The molecule has 1 saturated heterocycles. The molecule has 1 aromatic rings. The number of benzene rings is 1. The SMILES string of the molecule is CCc1ccccc1B1CCOCC1. The van der Waals surface area contributed by atoms with Crippen molar-refractivity contribution < 1.29 is 4.74 Å². The molecule has 0 aliphatic carbocycles. The van der Waals surface area contributed by atoms with Gasteiger partial charge in [-0.1, -0.05) is 42.2 Å². The van der Waals surface area contributed by atoms with Crippen molar-refractivity contribution >= 4 is 12.2 Å². The van der Waals surface area contributed by atoms with E-state index in [2.05, 4.69) is 31.2 Å². The largest absolute Gasteiger partial charge is 0.383 e. The van der Waals surface area contributed by atoms with Crippen LogP contribution in [-0.4, -0.2) is 19.9 Å². The van der Waals surface area contributed by atoms with Crippen LogP contribution in [0.1, 0.15) is 12.5 Å². The van der Waals surface area contributed by atoms with Crippen molar-refractivity contribution in [2.24, 2.45) is 0 Å². The Balaban J connectivity index is 2.20. The molecule has 0 spiro atoms. The maximum absolute atomic E-state index is 5.39. The second-order valence-electron chi connectivity index (χ2n) is 3.94. The highest BCUT2D eigenvalue weighted by atomic mass is 16.5. The molecule has 2 heteroatoms. The summed E-state index contributed by atoms with van der Waals surface area (Å²) in [6.45, 7) is 4.84. The van der Waals surface area contributed by atoms with Gasteiger partial charge in [-0.2, -0.15) is 0 Å². The van der Waals surface area contributed by atoms with Gasteiger partial charge in [0.2, 0.25) is 0 Å². The summed E-state index contributed by atoms with van der Waals surface area (Å²) in [6, 6.07) is 8.84. The quantitative estimate of drug-likeness (QED) is 0.645. The minimum absolute atomic E-state index is 0.736. The summed E-state index contributed by atoms with van der Waals surface area (Å²) in [4.78, 5) is 0. The average molecular weight is 188 g/mol. The maximum Gasteiger partial charge on any atom is 0.180 e. The third kappa shape index (κ3) is 2.01. The highest BCUT2D eigenvalue weighted by molar-refractivity contribution is 6.73. The number of hydrogen-bond donors (Lipinski definition) is 0. The third-order valence-electron chi connectivity index (χ3n) is 3.10. The highest BCUT2D eigenvalue weighted by Gasteiger charge is 2.21. The molecule has 0 bridgehead atoms. The standard InChI is InChI=1S/C12H17BO/c1-2-11-5-3-4-6-12(11)13-7-9-14-10-8-13/h3-6H,2,7-10H2,1H3. The zero-order chi connectivity index (χ0) is 9.80. The first-order valence-corrected chi connectivity index (χ1v) is 5.57. The lowest BCUT2D eigenvalue weighted by atomic mass is 9.39. The van der Waals surface area contributed by atoms with Crippen molar-refractivity contribution in [3.63, 3.8) is 0 Å². The summed E-state index contributed by atoms with van der Waals surface area (Å²) < 4.78 is 5.39. The van der Waals surface area contributed by atoms with Gasteiger partial charge < -0.3 is 4.74 Å². The van der Waals surface area contributed by atoms with Crippen LogP contribution < -0.4 is 5.46 Å². The minimum atomic E-state index is 0.736. The number of rotatable bonds is 2. The summed E-state index contributed by atoms with van der Waals surface area (Å²) in [6.07, 6.45) is 3.53. The van der Waals surface area contributed by atoms with Crippen molar-refractivity contribution in [2.75, 3.05) is 13.2 Å². The molecule has 0 N–H and O–H groups in total. The molecule has 14 heavy (non-hydrogen) atoms. The van der Waals surface area contributed by atoms with Gasteiger partial charge in [0.25, 0.3) is 0 Å².